The number of methoxy groups -OCH3 is 1. The van der Waals surface area contributed by atoms with Crippen molar-refractivity contribution in [2.75, 3.05) is 13.7 Å². The summed E-state index contributed by atoms with van der Waals surface area (Å²) >= 11 is 0. The van der Waals surface area contributed by atoms with E-state index in [1.807, 2.05) is 27.7 Å². The molecule has 2 aliphatic heterocycles. The SMILES string of the molecule is COc1ccc2nc3c(nc2c1)O[C@H]1CN(C(=O)[C@H](C(C)(C)C)NC(=O)O[C@]2(C)C[C@H]2CCC2CC2C3(F)F)[C@H](C=O)[C@@H]1C. The second-order valence-corrected chi connectivity index (χ2v) is 14.2. The van der Waals surface area contributed by atoms with E-state index >= 15 is 8.78 Å². The third-order valence-electron chi connectivity index (χ3n) is 10.0. The van der Waals surface area contributed by atoms with E-state index < -0.39 is 64.7 Å². The van der Waals surface area contributed by atoms with E-state index in [1.165, 1.54) is 12.0 Å². The van der Waals surface area contributed by atoms with E-state index in [9.17, 15) is 14.4 Å². The number of halogens is 2. The largest absolute Gasteiger partial charge is 0.497 e. The van der Waals surface area contributed by atoms with E-state index in [2.05, 4.69) is 15.3 Å². The standard InChI is InChI=1S/C32H40F2N4O6/c1-16-23(15-39)38-14-24(16)43-27-25(35-21-10-9-19(42-6)12-22(21)36-27)32(33,34)20-11-17(20)7-8-18-13-31(18,5)44-29(41)37-26(28(38)40)30(2,3)4/h9-10,12,15-18,20,23-24,26H,7-8,11,13-14H2,1-6H3,(H,37,41)/t16-,17?,18+,20?,23+,24-,26+,31+/m0/s1. The minimum Gasteiger partial charge on any atom is -0.497 e. The van der Waals surface area contributed by atoms with Crippen molar-refractivity contribution < 1.29 is 37.4 Å². The Kier molecular flexibility index (Phi) is 7.28. The van der Waals surface area contributed by atoms with Gasteiger partial charge in [-0.05, 0) is 56.1 Å². The normalized spacial score (nSPS) is 35.1. The van der Waals surface area contributed by atoms with Crippen LogP contribution in [0.5, 0.6) is 11.6 Å². The molecule has 0 radical (unpaired) electrons. The molecule has 3 heterocycles. The highest BCUT2D eigenvalue weighted by molar-refractivity contribution is 5.89. The van der Waals surface area contributed by atoms with Crippen molar-refractivity contribution in [2.24, 2.45) is 29.1 Å². The number of nitrogens with zero attached hydrogens (tertiary/aromatic N) is 3. The number of hydrogen-bond donors (Lipinski definition) is 1. The van der Waals surface area contributed by atoms with Crippen molar-refractivity contribution in [1.29, 1.82) is 0 Å². The predicted molar refractivity (Wildman–Crippen MR) is 155 cm³/mol. The molecule has 2 saturated carbocycles. The third kappa shape index (κ3) is 5.34. The van der Waals surface area contributed by atoms with Gasteiger partial charge in [0.25, 0.3) is 5.92 Å². The molecule has 12 heteroatoms. The lowest BCUT2D eigenvalue weighted by Crippen LogP contribution is -2.56. The van der Waals surface area contributed by atoms with Crippen molar-refractivity contribution >= 4 is 29.3 Å². The first-order valence-electron chi connectivity index (χ1n) is 15.3. The van der Waals surface area contributed by atoms with Gasteiger partial charge in [-0.25, -0.2) is 14.8 Å². The van der Waals surface area contributed by atoms with Gasteiger partial charge in [-0.3, -0.25) is 4.79 Å². The van der Waals surface area contributed by atoms with E-state index in [0.717, 1.165) is 0 Å². The van der Waals surface area contributed by atoms with Gasteiger partial charge in [0.15, 0.2) is 5.69 Å². The molecule has 0 spiro atoms. The van der Waals surface area contributed by atoms with Gasteiger partial charge in [-0.2, -0.15) is 8.78 Å². The van der Waals surface area contributed by atoms with Crippen LogP contribution in [0.2, 0.25) is 0 Å². The van der Waals surface area contributed by atoms with E-state index in [-0.39, 0.29) is 29.8 Å². The molecule has 238 valence electrons. The van der Waals surface area contributed by atoms with E-state index in [1.54, 1.807) is 25.1 Å². The first-order valence-corrected chi connectivity index (χ1v) is 15.3. The molecule has 1 aromatic carbocycles. The Morgan fingerprint density at radius 2 is 1.91 bits per heavy atom. The van der Waals surface area contributed by atoms with Crippen molar-refractivity contribution in [2.45, 2.75) is 90.0 Å². The Labute approximate surface area is 255 Å². The van der Waals surface area contributed by atoms with Crippen LogP contribution in [-0.2, 0) is 20.2 Å². The first kappa shape index (κ1) is 30.5. The zero-order chi connectivity index (χ0) is 31.8. The molecule has 3 fully saturated rings. The van der Waals surface area contributed by atoms with Crippen LogP contribution in [0.1, 0.15) is 66.0 Å². The third-order valence-corrected chi connectivity index (χ3v) is 10.0. The maximum absolute atomic E-state index is 16.3. The van der Waals surface area contributed by atoms with Gasteiger partial charge in [0.2, 0.25) is 11.8 Å². The lowest BCUT2D eigenvalue weighted by Gasteiger charge is -2.35. The summed E-state index contributed by atoms with van der Waals surface area (Å²) in [5, 5.41) is 2.77. The monoisotopic (exact) mass is 614 g/mol. The number of rotatable bonds is 2. The number of ether oxygens (including phenoxy) is 3. The van der Waals surface area contributed by atoms with Gasteiger partial charge in [0.05, 0.1) is 30.7 Å². The Morgan fingerprint density at radius 3 is 2.59 bits per heavy atom. The van der Waals surface area contributed by atoms with Gasteiger partial charge in [-0.15, -0.1) is 0 Å². The summed E-state index contributed by atoms with van der Waals surface area (Å²) in [6.45, 7) is 8.93. The molecule has 6 rings (SSSR count). The summed E-state index contributed by atoms with van der Waals surface area (Å²) in [7, 11) is 1.50. The Bertz CT molecular complexity index is 1500. The first-order chi connectivity index (χ1) is 20.7. The van der Waals surface area contributed by atoms with Crippen LogP contribution in [0, 0.1) is 29.1 Å². The molecule has 1 N–H and O–H groups in total. The molecule has 2 aliphatic carbocycles. The van der Waals surface area contributed by atoms with Crippen LogP contribution in [0.4, 0.5) is 13.6 Å². The number of benzene rings is 1. The summed E-state index contributed by atoms with van der Waals surface area (Å²) in [4.78, 5) is 49.7. The molecule has 44 heavy (non-hydrogen) atoms. The summed E-state index contributed by atoms with van der Waals surface area (Å²) in [5.41, 5.74) is -1.39. The Morgan fingerprint density at radius 1 is 1.16 bits per heavy atom. The Balaban J connectivity index is 1.42. The zero-order valence-electron chi connectivity index (χ0n) is 25.9. The van der Waals surface area contributed by atoms with Crippen molar-refractivity contribution in [3.05, 3.63) is 23.9 Å². The molecule has 2 unspecified atom stereocenters. The number of alkyl halides is 2. The summed E-state index contributed by atoms with van der Waals surface area (Å²) in [6, 6.07) is 2.91. The number of carbonyl (C=O) groups is 3. The number of carbonyl (C=O) groups excluding carboxylic acids is 3. The zero-order valence-corrected chi connectivity index (χ0v) is 25.9. The highest BCUT2D eigenvalue weighted by Gasteiger charge is 2.60. The second-order valence-electron chi connectivity index (χ2n) is 14.2. The van der Waals surface area contributed by atoms with Crippen LogP contribution in [0.15, 0.2) is 18.2 Å². The molecule has 1 saturated heterocycles. The van der Waals surface area contributed by atoms with Gasteiger partial charge in [0, 0.05) is 23.8 Å². The number of nitrogens with one attached hydrogen (secondary N) is 1. The highest BCUT2D eigenvalue weighted by Crippen LogP contribution is 2.59. The molecular weight excluding hydrogens is 574 g/mol. The lowest BCUT2D eigenvalue weighted by atomic mass is 9.85. The fourth-order valence-corrected chi connectivity index (χ4v) is 6.89. The van der Waals surface area contributed by atoms with Crippen LogP contribution in [0.25, 0.3) is 11.0 Å². The summed E-state index contributed by atoms with van der Waals surface area (Å²) in [6.07, 6.45) is 1.27. The highest BCUT2D eigenvalue weighted by atomic mass is 19.3. The summed E-state index contributed by atoms with van der Waals surface area (Å²) < 4.78 is 49.9. The van der Waals surface area contributed by atoms with E-state index in [4.69, 9.17) is 14.2 Å². The number of aromatic nitrogens is 2. The molecule has 1 aromatic heterocycles. The average Bonchev–Trinajstić information content (AvgIpc) is 3.85. The quantitative estimate of drug-likeness (QED) is 0.476. The number of hydrogen-bond acceptors (Lipinski definition) is 8. The molecule has 8 atom stereocenters. The van der Waals surface area contributed by atoms with Crippen molar-refractivity contribution in [3.63, 3.8) is 0 Å². The maximum atomic E-state index is 16.3. The number of fused-ring (bicyclic) bond motifs is 6. The van der Waals surface area contributed by atoms with Crippen LogP contribution < -0.4 is 14.8 Å². The van der Waals surface area contributed by atoms with Crippen molar-refractivity contribution in [1.82, 2.24) is 20.2 Å². The van der Waals surface area contributed by atoms with Gasteiger partial charge in [-0.1, -0.05) is 27.7 Å². The Hall–Kier alpha value is -3.57. The van der Waals surface area contributed by atoms with Gasteiger partial charge in [0.1, 0.15) is 29.8 Å². The number of alkyl carbamates (subject to hydrolysis) is 1. The molecule has 2 aromatic rings. The molecule has 4 aliphatic rings. The van der Waals surface area contributed by atoms with Crippen LogP contribution in [-0.4, -0.2) is 70.6 Å². The van der Waals surface area contributed by atoms with Crippen molar-refractivity contribution in [3.8, 4) is 11.6 Å². The topological polar surface area (TPSA) is 120 Å². The van der Waals surface area contributed by atoms with Crippen LogP contribution in [0.3, 0.4) is 0 Å². The fraction of sp³-hybridized carbons (Fsp3) is 0.656. The van der Waals surface area contributed by atoms with Gasteiger partial charge < -0.3 is 29.2 Å². The number of aldehydes is 1. The average molecular weight is 615 g/mol. The maximum Gasteiger partial charge on any atom is 0.408 e. The lowest BCUT2D eigenvalue weighted by molar-refractivity contribution is -0.139. The van der Waals surface area contributed by atoms with Crippen LogP contribution >= 0.6 is 0 Å². The summed E-state index contributed by atoms with van der Waals surface area (Å²) in [5.74, 6) is -5.31. The van der Waals surface area contributed by atoms with E-state index in [0.29, 0.717) is 43.2 Å². The molecule has 10 nitrogen and oxygen atoms in total. The minimum absolute atomic E-state index is 0.0414. The fourth-order valence-electron chi connectivity index (χ4n) is 6.89. The minimum atomic E-state index is -3.32. The molecule has 2 amide bonds. The van der Waals surface area contributed by atoms with Gasteiger partial charge >= 0.3 is 6.09 Å². The second kappa shape index (κ2) is 10.5. The smallest absolute Gasteiger partial charge is 0.408 e. The number of amides is 2. The predicted octanol–water partition coefficient (Wildman–Crippen LogP) is 4.87. The molecular formula is C32H40F2N4O6. The molecule has 2 bridgehead atoms.